The van der Waals surface area contributed by atoms with Crippen molar-refractivity contribution >= 4 is 6.09 Å². The first-order valence-corrected chi connectivity index (χ1v) is 7.13. The van der Waals surface area contributed by atoms with Gasteiger partial charge in [0.1, 0.15) is 17.8 Å². The monoisotopic (exact) mass is 297 g/mol. The van der Waals surface area contributed by atoms with Gasteiger partial charge in [0.15, 0.2) is 5.75 Å². The molecule has 0 radical (unpaired) electrons. The Morgan fingerprint density at radius 2 is 2.19 bits per heavy atom. The summed E-state index contributed by atoms with van der Waals surface area (Å²) in [6.07, 6.45) is 1.74. The van der Waals surface area contributed by atoms with Gasteiger partial charge < -0.3 is 19.5 Å². The number of aliphatic hydroxyl groups is 1. The van der Waals surface area contributed by atoms with E-state index < -0.39 is 23.9 Å². The van der Waals surface area contributed by atoms with Crippen LogP contribution in [-0.2, 0) is 11.3 Å². The molecule has 2 atom stereocenters. The molecule has 7 nitrogen and oxygen atoms in total. The third-order valence-electron chi connectivity index (χ3n) is 3.11. The fourth-order valence-corrected chi connectivity index (χ4v) is 2.10. The van der Waals surface area contributed by atoms with Gasteiger partial charge in [0.25, 0.3) is 0 Å². The molecule has 1 fully saturated rings. The Morgan fingerprint density at radius 1 is 1.48 bits per heavy atom. The fourth-order valence-electron chi connectivity index (χ4n) is 2.10. The number of aliphatic hydroxyl groups excluding tert-OH is 1. The molecule has 0 aliphatic carbocycles. The molecular weight excluding hydrogens is 274 g/mol. The van der Waals surface area contributed by atoms with E-state index in [4.69, 9.17) is 9.47 Å². The Morgan fingerprint density at radius 3 is 2.76 bits per heavy atom. The lowest BCUT2D eigenvalue weighted by Crippen LogP contribution is -2.36. The van der Waals surface area contributed by atoms with Gasteiger partial charge in [-0.25, -0.2) is 4.79 Å². The van der Waals surface area contributed by atoms with Gasteiger partial charge in [-0.15, -0.1) is 0 Å². The zero-order valence-corrected chi connectivity index (χ0v) is 12.9. The summed E-state index contributed by atoms with van der Waals surface area (Å²) in [5, 5.41) is 14.1. The highest BCUT2D eigenvalue weighted by atomic mass is 16.6. The zero-order valence-electron chi connectivity index (χ0n) is 12.9. The number of amides is 1. The second-order valence-electron chi connectivity index (χ2n) is 6.14. The van der Waals surface area contributed by atoms with Crippen LogP contribution in [0.4, 0.5) is 4.79 Å². The van der Waals surface area contributed by atoms with Crippen LogP contribution in [0.15, 0.2) is 12.4 Å². The number of likely N-dealkylation sites (tertiary alicyclic amines) is 1. The molecule has 1 N–H and O–H groups in total. The third kappa shape index (κ3) is 4.10. The highest BCUT2D eigenvalue weighted by Crippen LogP contribution is 2.20. The molecule has 1 aromatic heterocycles. The van der Waals surface area contributed by atoms with Crippen LogP contribution in [0.3, 0.4) is 0 Å². The molecular formula is C14H23N3O4. The van der Waals surface area contributed by atoms with Crippen molar-refractivity contribution in [2.75, 3.05) is 13.1 Å². The summed E-state index contributed by atoms with van der Waals surface area (Å²) in [6.45, 7) is 8.67. The van der Waals surface area contributed by atoms with Crippen LogP contribution in [0.5, 0.6) is 5.75 Å². The minimum Gasteiger partial charge on any atom is -0.482 e. The van der Waals surface area contributed by atoms with Crippen molar-refractivity contribution in [2.24, 2.45) is 0 Å². The molecule has 1 saturated heterocycles. The Kier molecular flexibility index (Phi) is 4.41. The van der Waals surface area contributed by atoms with Crippen LogP contribution in [-0.4, -0.2) is 56.8 Å². The van der Waals surface area contributed by atoms with Crippen molar-refractivity contribution in [3.63, 3.8) is 0 Å². The van der Waals surface area contributed by atoms with E-state index in [2.05, 4.69) is 5.10 Å². The van der Waals surface area contributed by atoms with Gasteiger partial charge in [0, 0.05) is 6.54 Å². The normalized spacial score (nSPS) is 22.4. The van der Waals surface area contributed by atoms with Crippen molar-refractivity contribution in [1.29, 1.82) is 0 Å². The Bertz CT molecular complexity index is 495. The lowest BCUT2D eigenvalue weighted by atomic mass is 10.2. The Balaban J connectivity index is 1.93. The molecule has 0 saturated carbocycles. The van der Waals surface area contributed by atoms with Gasteiger partial charge in [0.2, 0.25) is 0 Å². The molecule has 2 rings (SSSR count). The van der Waals surface area contributed by atoms with Gasteiger partial charge in [-0.3, -0.25) is 4.68 Å². The average molecular weight is 297 g/mol. The van der Waals surface area contributed by atoms with Gasteiger partial charge in [-0.2, -0.15) is 5.10 Å². The van der Waals surface area contributed by atoms with Crippen LogP contribution in [0, 0.1) is 0 Å². The summed E-state index contributed by atoms with van der Waals surface area (Å²) in [4.78, 5) is 13.4. The number of hydrogen-bond acceptors (Lipinski definition) is 5. The van der Waals surface area contributed by atoms with E-state index in [1.165, 1.54) is 4.90 Å². The number of aryl methyl sites for hydroxylation is 1. The molecule has 0 aromatic carbocycles. The molecule has 2 heterocycles. The summed E-state index contributed by atoms with van der Waals surface area (Å²) >= 11 is 0. The summed E-state index contributed by atoms with van der Waals surface area (Å²) in [7, 11) is 0. The van der Waals surface area contributed by atoms with E-state index in [0.29, 0.717) is 12.3 Å². The van der Waals surface area contributed by atoms with E-state index in [0.717, 1.165) is 6.54 Å². The van der Waals surface area contributed by atoms with Gasteiger partial charge in [-0.05, 0) is 27.7 Å². The molecule has 1 aromatic rings. The number of β-amino-alcohol motifs (C(OH)–C–C–N with tert-alkyl or cyclic N) is 1. The van der Waals surface area contributed by atoms with E-state index in [1.54, 1.807) is 17.1 Å². The number of hydrogen-bond donors (Lipinski definition) is 1. The predicted molar refractivity (Wildman–Crippen MR) is 76.1 cm³/mol. The molecule has 1 aliphatic rings. The van der Waals surface area contributed by atoms with Crippen molar-refractivity contribution in [3.05, 3.63) is 12.4 Å². The van der Waals surface area contributed by atoms with E-state index in [-0.39, 0.29) is 6.54 Å². The number of rotatable bonds is 3. The predicted octanol–water partition coefficient (Wildman–Crippen LogP) is 1.26. The van der Waals surface area contributed by atoms with Crippen molar-refractivity contribution in [2.45, 2.75) is 52.0 Å². The SMILES string of the molecule is CCn1cc(O[C@@H]2CN(C(=O)OC(C)(C)C)C[C@H]2O)cn1. The van der Waals surface area contributed by atoms with Crippen LogP contribution < -0.4 is 4.74 Å². The first kappa shape index (κ1) is 15.6. The smallest absolute Gasteiger partial charge is 0.410 e. The highest BCUT2D eigenvalue weighted by Gasteiger charge is 2.37. The quantitative estimate of drug-likeness (QED) is 0.909. The standard InChI is InChI=1S/C14H23N3O4/c1-5-17-7-10(6-15-17)20-12-9-16(8-11(12)18)13(19)21-14(2,3)4/h6-7,11-12,18H,5,8-9H2,1-4H3/t11-,12-/m1/s1. The minimum absolute atomic E-state index is 0.210. The van der Waals surface area contributed by atoms with E-state index in [1.807, 2.05) is 27.7 Å². The molecule has 1 aliphatic heterocycles. The lowest BCUT2D eigenvalue weighted by molar-refractivity contribution is 0.0268. The molecule has 0 spiro atoms. The Labute approximate surface area is 124 Å². The second-order valence-corrected chi connectivity index (χ2v) is 6.14. The number of nitrogens with zero attached hydrogens (tertiary/aromatic N) is 3. The maximum Gasteiger partial charge on any atom is 0.410 e. The molecule has 0 bridgehead atoms. The summed E-state index contributed by atoms with van der Waals surface area (Å²) in [5.74, 6) is 0.590. The van der Waals surface area contributed by atoms with E-state index >= 15 is 0 Å². The number of aromatic nitrogens is 2. The molecule has 21 heavy (non-hydrogen) atoms. The van der Waals surface area contributed by atoms with Gasteiger partial charge in [-0.1, -0.05) is 0 Å². The minimum atomic E-state index is -0.734. The number of ether oxygens (including phenoxy) is 2. The second kappa shape index (κ2) is 5.93. The number of carbonyl (C=O) groups is 1. The lowest BCUT2D eigenvalue weighted by Gasteiger charge is -2.24. The fraction of sp³-hybridized carbons (Fsp3) is 0.714. The topological polar surface area (TPSA) is 76.8 Å². The first-order valence-electron chi connectivity index (χ1n) is 7.13. The number of carbonyl (C=O) groups excluding carboxylic acids is 1. The average Bonchev–Trinajstić information content (AvgIpc) is 2.95. The maximum absolute atomic E-state index is 12.0. The molecule has 7 heteroatoms. The van der Waals surface area contributed by atoms with Crippen molar-refractivity contribution in [3.8, 4) is 5.75 Å². The zero-order chi connectivity index (χ0) is 15.6. The summed E-state index contributed by atoms with van der Waals surface area (Å²) in [5.41, 5.74) is -0.552. The van der Waals surface area contributed by atoms with Gasteiger partial charge >= 0.3 is 6.09 Å². The molecule has 118 valence electrons. The summed E-state index contributed by atoms with van der Waals surface area (Å²) < 4.78 is 12.7. The summed E-state index contributed by atoms with van der Waals surface area (Å²) in [6, 6.07) is 0. The largest absolute Gasteiger partial charge is 0.482 e. The van der Waals surface area contributed by atoms with Crippen molar-refractivity contribution < 1.29 is 19.4 Å². The molecule has 1 amide bonds. The van der Waals surface area contributed by atoms with Crippen molar-refractivity contribution in [1.82, 2.24) is 14.7 Å². The maximum atomic E-state index is 12.0. The van der Waals surface area contributed by atoms with Crippen LogP contribution in [0.2, 0.25) is 0 Å². The first-order chi connectivity index (χ1) is 9.78. The Hall–Kier alpha value is -1.76. The molecule has 0 unspecified atom stereocenters. The van der Waals surface area contributed by atoms with Crippen LogP contribution >= 0.6 is 0 Å². The van der Waals surface area contributed by atoms with E-state index in [9.17, 15) is 9.90 Å². The van der Waals surface area contributed by atoms with Gasteiger partial charge in [0.05, 0.1) is 25.5 Å². The third-order valence-corrected chi connectivity index (χ3v) is 3.11. The van der Waals surface area contributed by atoms with Crippen LogP contribution in [0.1, 0.15) is 27.7 Å². The highest BCUT2D eigenvalue weighted by molar-refractivity contribution is 5.68. The van der Waals surface area contributed by atoms with Crippen LogP contribution in [0.25, 0.3) is 0 Å².